The van der Waals surface area contributed by atoms with Crippen LogP contribution in [-0.2, 0) is 11.3 Å². The van der Waals surface area contributed by atoms with Crippen molar-refractivity contribution >= 4 is 5.91 Å². The number of carbonyl (C=O) groups excluding carboxylic acids is 1. The van der Waals surface area contributed by atoms with Crippen LogP contribution in [0.25, 0.3) is 0 Å². The number of ether oxygens (including phenoxy) is 1. The first-order chi connectivity index (χ1) is 10.7. The lowest BCUT2D eigenvalue weighted by atomic mass is 10.1. The molecule has 116 valence electrons. The van der Waals surface area contributed by atoms with Gasteiger partial charge >= 0.3 is 0 Å². The number of aryl methyl sites for hydroxylation is 2. The number of hydrogen-bond acceptors (Lipinski definition) is 4. The molecule has 1 atom stereocenters. The summed E-state index contributed by atoms with van der Waals surface area (Å²) in [5.41, 5.74) is 2.46. The SMILES string of the molecule is CCn1ccc(C(=O)N2CCO[C@H](c3ccc(C)cn3)C2)n1. The molecule has 2 aromatic heterocycles. The fraction of sp³-hybridized carbons (Fsp3) is 0.438. The maximum Gasteiger partial charge on any atom is 0.274 e. The Bertz CT molecular complexity index is 650. The highest BCUT2D eigenvalue weighted by Crippen LogP contribution is 2.21. The van der Waals surface area contributed by atoms with Gasteiger partial charge in [0.05, 0.1) is 18.8 Å². The second-order valence-electron chi connectivity index (χ2n) is 5.43. The van der Waals surface area contributed by atoms with Crippen LogP contribution in [0.4, 0.5) is 0 Å². The first kappa shape index (κ1) is 14.7. The molecule has 0 N–H and O–H groups in total. The molecule has 1 saturated heterocycles. The zero-order valence-corrected chi connectivity index (χ0v) is 12.9. The van der Waals surface area contributed by atoms with E-state index in [4.69, 9.17) is 4.74 Å². The molecule has 2 aromatic rings. The van der Waals surface area contributed by atoms with Crippen LogP contribution < -0.4 is 0 Å². The summed E-state index contributed by atoms with van der Waals surface area (Å²) in [6.07, 6.45) is 3.47. The predicted octanol–water partition coefficient (Wildman–Crippen LogP) is 1.82. The number of carbonyl (C=O) groups is 1. The summed E-state index contributed by atoms with van der Waals surface area (Å²) in [5.74, 6) is -0.0485. The summed E-state index contributed by atoms with van der Waals surface area (Å²) < 4.78 is 7.52. The van der Waals surface area contributed by atoms with Crippen LogP contribution in [0.3, 0.4) is 0 Å². The van der Waals surface area contributed by atoms with E-state index in [1.165, 1.54) is 0 Å². The molecule has 6 heteroatoms. The Balaban J connectivity index is 1.72. The van der Waals surface area contributed by atoms with Gasteiger partial charge in [-0.2, -0.15) is 5.10 Å². The monoisotopic (exact) mass is 300 g/mol. The van der Waals surface area contributed by atoms with Crippen LogP contribution in [-0.4, -0.2) is 45.3 Å². The van der Waals surface area contributed by atoms with Gasteiger partial charge in [0.2, 0.25) is 0 Å². The number of nitrogens with zero attached hydrogens (tertiary/aromatic N) is 4. The largest absolute Gasteiger partial charge is 0.368 e. The third kappa shape index (κ3) is 3.01. The number of hydrogen-bond donors (Lipinski definition) is 0. The highest BCUT2D eigenvalue weighted by Gasteiger charge is 2.27. The van der Waals surface area contributed by atoms with Gasteiger partial charge in [0.25, 0.3) is 5.91 Å². The Morgan fingerprint density at radius 3 is 2.95 bits per heavy atom. The van der Waals surface area contributed by atoms with Crippen LogP contribution in [0.15, 0.2) is 30.6 Å². The topological polar surface area (TPSA) is 60.2 Å². The minimum Gasteiger partial charge on any atom is -0.368 e. The van der Waals surface area contributed by atoms with E-state index in [1.54, 1.807) is 15.6 Å². The molecule has 1 aliphatic heterocycles. The lowest BCUT2D eigenvalue weighted by Gasteiger charge is -2.32. The molecule has 1 amide bonds. The molecule has 6 nitrogen and oxygen atoms in total. The lowest BCUT2D eigenvalue weighted by Crippen LogP contribution is -2.42. The Labute approximate surface area is 129 Å². The first-order valence-electron chi connectivity index (χ1n) is 7.54. The van der Waals surface area contributed by atoms with Crippen molar-refractivity contribution in [3.63, 3.8) is 0 Å². The number of aromatic nitrogens is 3. The standard InChI is InChI=1S/C16H20N4O2/c1-3-20-7-6-14(18-20)16(21)19-8-9-22-15(11-19)13-5-4-12(2)10-17-13/h4-7,10,15H,3,8-9,11H2,1-2H3/t15-/m0/s1. The number of rotatable bonds is 3. The fourth-order valence-corrected chi connectivity index (χ4v) is 2.50. The van der Waals surface area contributed by atoms with E-state index in [9.17, 15) is 4.79 Å². The van der Waals surface area contributed by atoms with Crippen molar-refractivity contribution in [2.45, 2.75) is 26.5 Å². The second-order valence-corrected chi connectivity index (χ2v) is 5.43. The van der Waals surface area contributed by atoms with Crippen molar-refractivity contribution in [3.05, 3.63) is 47.5 Å². The number of amides is 1. The van der Waals surface area contributed by atoms with E-state index in [1.807, 2.05) is 38.4 Å². The lowest BCUT2D eigenvalue weighted by molar-refractivity contribution is -0.0249. The van der Waals surface area contributed by atoms with Crippen molar-refractivity contribution < 1.29 is 9.53 Å². The third-order valence-corrected chi connectivity index (χ3v) is 3.80. The van der Waals surface area contributed by atoms with Gasteiger partial charge in [-0.25, -0.2) is 0 Å². The van der Waals surface area contributed by atoms with Gasteiger partial charge in [0, 0.05) is 25.5 Å². The summed E-state index contributed by atoms with van der Waals surface area (Å²) >= 11 is 0. The van der Waals surface area contributed by atoms with Gasteiger partial charge in [0.15, 0.2) is 0 Å². The van der Waals surface area contributed by atoms with Crippen LogP contribution in [0, 0.1) is 6.92 Å². The Hall–Kier alpha value is -2.21. The summed E-state index contributed by atoms with van der Waals surface area (Å²) in [6.45, 7) is 6.36. The van der Waals surface area contributed by atoms with E-state index in [2.05, 4.69) is 10.1 Å². The average Bonchev–Trinajstić information content (AvgIpc) is 3.04. The van der Waals surface area contributed by atoms with Gasteiger partial charge < -0.3 is 9.64 Å². The average molecular weight is 300 g/mol. The molecule has 3 rings (SSSR count). The molecular weight excluding hydrogens is 280 g/mol. The summed E-state index contributed by atoms with van der Waals surface area (Å²) in [6, 6.07) is 5.73. The molecule has 0 radical (unpaired) electrons. The maximum absolute atomic E-state index is 12.5. The van der Waals surface area contributed by atoms with Crippen molar-refractivity contribution in [2.75, 3.05) is 19.7 Å². The summed E-state index contributed by atoms with van der Waals surface area (Å²) in [4.78, 5) is 18.7. The van der Waals surface area contributed by atoms with Crippen molar-refractivity contribution in [1.29, 1.82) is 0 Å². The maximum atomic E-state index is 12.5. The minimum atomic E-state index is -0.174. The van der Waals surface area contributed by atoms with E-state index in [-0.39, 0.29) is 12.0 Å². The third-order valence-electron chi connectivity index (χ3n) is 3.80. The molecule has 3 heterocycles. The molecule has 1 aliphatic rings. The van der Waals surface area contributed by atoms with E-state index in [0.29, 0.717) is 25.4 Å². The highest BCUT2D eigenvalue weighted by molar-refractivity contribution is 5.92. The molecule has 0 unspecified atom stereocenters. The Morgan fingerprint density at radius 1 is 1.41 bits per heavy atom. The Morgan fingerprint density at radius 2 is 2.27 bits per heavy atom. The smallest absolute Gasteiger partial charge is 0.274 e. The molecule has 22 heavy (non-hydrogen) atoms. The zero-order chi connectivity index (χ0) is 15.5. The predicted molar refractivity (Wildman–Crippen MR) is 81.5 cm³/mol. The van der Waals surface area contributed by atoms with Crippen LogP contribution in [0.1, 0.15) is 34.8 Å². The van der Waals surface area contributed by atoms with Gasteiger partial charge in [-0.15, -0.1) is 0 Å². The zero-order valence-electron chi connectivity index (χ0n) is 12.9. The van der Waals surface area contributed by atoms with Crippen LogP contribution in [0.5, 0.6) is 0 Å². The molecule has 0 bridgehead atoms. The molecular formula is C16H20N4O2. The van der Waals surface area contributed by atoms with Crippen molar-refractivity contribution in [3.8, 4) is 0 Å². The van der Waals surface area contributed by atoms with E-state index >= 15 is 0 Å². The van der Waals surface area contributed by atoms with Gasteiger partial charge in [0.1, 0.15) is 11.8 Å². The minimum absolute atomic E-state index is 0.0485. The summed E-state index contributed by atoms with van der Waals surface area (Å²) in [7, 11) is 0. The second kappa shape index (κ2) is 6.27. The summed E-state index contributed by atoms with van der Waals surface area (Å²) in [5, 5.41) is 4.28. The fourth-order valence-electron chi connectivity index (χ4n) is 2.50. The molecule has 0 aliphatic carbocycles. The van der Waals surface area contributed by atoms with E-state index in [0.717, 1.165) is 17.8 Å². The number of pyridine rings is 1. The molecule has 1 fully saturated rings. The number of morpholine rings is 1. The van der Waals surface area contributed by atoms with Gasteiger partial charge in [-0.05, 0) is 31.5 Å². The highest BCUT2D eigenvalue weighted by atomic mass is 16.5. The van der Waals surface area contributed by atoms with Crippen molar-refractivity contribution in [2.24, 2.45) is 0 Å². The first-order valence-corrected chi connectivity index (χ1v) is 7.54. The quantitative estimate of drug-likeness (QED) is 0.867. The molecule has 0 aromatic carbocycles. The van der Waals surface area contributed by atoms with E-state index < -0.39 is 0 Å². The van der Waals surface area contributed by atoms with Crippen molar-refractivity contribution in [1.82, 2.24) is 19.7 Å². The van der Waals surface area contributed by atoms with Crippen LogP contribution >= 0.6 is 0 Å². The molecule has 0 saturated carbocycles. The molecule has 0 spiro atoms. The normalized spacial score (nSPS) is 18.5. The van der Waals surface area contributed by atoms with Gasteiger partial charge in [-0.3, -0.25) is 14.5 Å². The Kier molecular flexibility index (Phi) is 4.20. The van der Waals surface area contributed by atoms with Crippen LogP contribution in [0.2, 0.25) is 0 Å². The van der Waals surface area contributed by atoms with Gasteiger partial charge in [-0.1, -0.05) is 6.07 Å².